The van der Waals surface area contributed by atoms with Crippen molar-refractivity contribution in [2.75, 3.05) is 7.05 Å². The van der Waals surface area contributed by atoms with Crippen LogP contribution in [0.15, 0.2) is 47.2 Å². The van der Waals surface area contributed by atoms with E-state index in [1.807, 2.05) is 37.3 Å². The highest BCUT2D eigenvalue weighted by Gasteiger charge is 2.15. The fourth-order valence-corrected chi connectivity index (χ4v) is 2.29. The lowest BCUT2D eigenvalue weighted by Crippen LogP contribution is -2.26. The number of hydrogen-bond donors (Lipinski definition) is 0. The fourth-order valence-electron chi connectivity index (χ4n) is 1.85. The van der Waals surface area contributed by atoms with Gasteiger partial charge in [-0.25, -0.2) is 0 Å². The van der Waals surface area contributed by atoms with Crippen LogP contribution in [-0.4, -0.2) is 22.8 Å². The van der Waals surface area contributed by atoms with Crippen molar-refractivity contribution >= 4 is 21.8 Å². The standard InChI is InChI=1S/C15H15BrN2O/c1-11-4-3-5-13(14(11)16)15(19)18(2)10-12-6-8-17-9-7-12/h3-9H,10H2,1-2H3. The summed E-state index contributed by atoms with van der Waals surface area (Å²) < 4.78 is 0.863. The molecule has 1 amide bonds. The molecule has 2 aromatic rings. The lowest BCUT2D eigenvalue weighted by atomic mass is 10.1. The molecule has 0 aliphatic rings. The molecule has 1 aromatic heterocycles. The van der Waals surface area contributed by atoms with Crippen molar-refractivity contribution in [2.45, 2.75) is 13.5 Å². The van der Waals surface area contributed by atoms with E-state index in [9.17, 15) is 4.79 Å². The first-order valence-electron chi connectivity index (χ1n) is 5.99. The number of aryl methyl sites for hydroxylation is 1. The number of halogens is 1. The molecule has 1 aromatic carbocycles. The molecule has 0 spiro atoms. The number of aromatic nitrogens is 1. The molecule has 1 heterocycles. The van der Waals surface area contributed by atoms with Gasteiger partial charge in [0.05, 0.1) is 5.56 Å². The minimum absolute atomic E-state index is 0.00684. The van der Waals surface area contributed by atoms with Crippen LogP contribution in [0.3, 0.4) is 0 Å². The van der Waals surface area contributed by atoms with Gasteiger partial charge in [0.1, 0.15) is 0 Å². The van der Waals surface area contributed by atoms with Crippen LogP contribution < -0.4 is 0 Å². The van der Waals surface area contributed by atoms with Gasteiger partial charge >= 0.3 is 0 Å². The van der Waals surface area contributed by atoms with Gasteiger partial charge in [-0.2, -0.15) is 0 Å². The zero-order valence-corrected chi connectivity index (χ0v) is 12.5. The van der Waals surface area contributed by atoms with Gasteiger partial charge in [0.15, 0.2) is 0 Å². The van der Waals surface area contributed by atoms with Crippen LogP contribution in [0.1, 0.15) is 21.5 Å². The third-order valence-electron chi connectivity index (χ3n) is 2.94. The van der Waals surface area contributed by atoms with Crippen molar-refractivity contribution in [3.8, 4) is 0 Å². The minimum atomic E-state index is 0.00684. The number of rotatable bonds is 3. The van der Waals surface area contributed by atoms with Gasteiger partial charge < -0.3 is 4.90 Å². The summed E-state index contributed by atoms with van der Waals surface area (Å²) in [5, 5.41) is 0. The molecule has 0 atom stereocenters. The maximum atomic E-state index is 12.4. The van der Waals surface area contributed by atoms with Gasteiger partial charge in [0.2, 0.25) is 0 Å². The Morgan fingerprint density at radius 3 is 2.63 bits per heavy atom. The van der Waals surface area contributed by atoms with E-state index >= 15 is 0 Å². The molecule has 98 valence electrons. The van der Waals surface area contributed by atoms with Gasteiger partial charge in [0.25, 0.3) is 5.91 Å². The highest BCUT2D eigenvalue weighted by atomic mass is 79.9. The second-order valence-corrected chi connectivity index (χ2v) is 5.25. The van der Waals surface area contributed by atoms with Crippen LogP contribution in [0.4, 0.5) is 0 Å². The smallest absolute Gasteiger partial charge is 0.255 e. The van der Waals surface area contributed by atoms with Crippen molar-refractivity contribution in [1.29, 1.82) is 0 Å². The molecule has 0 unspecified atom stereocenters. The fraction of sp³-hybridized carbons (Fsp3) is 0.200. The first-order chi connectivity index (χ1) is 9.09. The van der Waals surface area contributed by atoms with Crippen LogP contribution in [0, 0.1) is 6.92 Å². The highest BCUT2D eigenvalue weighted by Crippen LogP contribution is 2.22. The molecule has 0 fully saturated rings. The van der Waals surface area contributed by atoms with Crippen LogP contribution >= 0.6 is 15.9 Å². The molecule has 0 saturated heterocycles. The minimum Gasteiger partial charge on any atom is -0.337 e. The van der Waals surface area contributed by atoms with Crippen molar-refractivity contribution in [3.63, 3.8) is 0 Å². The Hall–Kier alpha value is -1.68. The van der Waals surface area contributed by atoms with Gasteiger partial charge in [0, 0.05) is 30.5 Å². The van der Waals surface area contributed by atoms with Gasteiger partial charge in [-0.3, -0.25) is 9.78 Å². The molecular formula is C15H15BrN2O. The third-order valence-corrected chi connectivity index (χ3v) is 3.99. The zero-order valence-electron chi connectivity index (χ0n) is 10.9. The molecule has 19 heavy (non-hydrogen) atoms. The molecule has 0 saturated carbocycles. The van der Waals surface area contributed by atoms with Crippen LogP contribution in [-0.2, 0) is 6.54 Å². The molecule has 0 aliphatic carbocycles. The van der Waals surface area contributed by atoms with Crippen molar-refractivity contribution in [1.82, 2.24) is 9.88 Å². The first-order valence-corrected chi connectivity index (χ1v) is 6.78. The molecule has 0 radical (unpaired) electrons. The summed E-state index contributed by atoms with van der Waals surface area (Å²) in [4.78, 5) is 18.1. The number of pyridine rings is 1. The number of hydrogen-bond acceptors (Lipinski definition) is 2. The van der Waals surface area contributed by atoms with Crippen LogP contribution in [0.2, 0.25) is 0 Å². The maximum Gasteiger partial charge on any atom is 0.255 e. The van der Waals surface area contributed by atoms with Crippen molar-refractivity contribution in [3.05, 3.63) is 63.9 Å². The Morgan fingerprint density at radius 2 is 1.95 bits per heavy atom. The Morgan fingerprint density at radius 1 is 1.26 bits per heavy atom. The second kappa shape index (κ2) is 5.97. The SMILES string of the molecule is Cc1cccc(C(=O)N(C)Cc2ccncc2)c1Br. The Labute approximate surface area is 121 Å². The quantitative estimate of drug-likeness (QED) is 0.868. The Balaban J connectivity index is 2.18. The molecule has 3 nitrogen and oxygen atoms in total. The zero-order chi connectivity index (χ0) is 13.8. The van der Waals surface area contributed by atoms with E-state index in [0.29, 0.717) is 12.1 Å². The molecule has 4 heteroatoms. The van der Waals surface area contributed by atoms with Crippen molar-refractivity contribution in [2.24, 2.45) is 0 Å². The van der Waals surface area contributed by atoms with Gasteiger partial charge in [-0.15, -0.1) is 0 Å². The summed E-state index contributed by atoms with van der Waals surface area (Å²) in [6.45, 7) is 2.55. The second-order valence-electron chi connectivity index (χ2n) is 4.45. The maximum absolute atomic E-state index is 12.4. The molecule has 0 N–H and O–H groups in total. The van der Waals surface area contributed by atoms with Crippen LogP contribution in [0.25, 0.3) is 0 Å². The predicted molar refractivity (Wildman–Crippen MR) is 78.9 cm³/mol. The third kappa shape index (κ3) is 3.20. The summed E-state index contributed by atoms with van der Waals surface area (Å²) in [5.41, 5.74) is 2.81. The average Bonchev–Trinajstić information content (AvgIpc) is 2.42. The topological polar surface area (TPSA) is 33.2 Å². The van der Waals surface area contributed by atoms with E-state index in [0.717, 1.165) is 15.6 Å². The Bertz CT molecular complexity index is 584. The van der Waals surface area contributed by atoms with Crippen LogP contribution in [0.5, 0.6) is 0 Å². The molecule has 2 rings (SSSR count). The average molecular weight is 319 g/mol. The van der Waals surface area contributed by atoms with E-state index in [-0.39, 0.29) is 5.91 Å². The predicted octanol–water partition coefficient (Wildman–Crippen LogP) is 3.42. The monoisotopic (exact) mass is 318 g/mol. The largest absolute Gasteiger partial charge is 0.337 e. The number of carbonyl (C=O) groups is 1. The molecule has 0 aliphatic heterocycles. The van der Waals surface area contributed by atoms with Crippen molar-refractivity contribution < 1.29 is 4.79 Å². The summed E-state index contributed by atoms with van der Waals surface area (Å²) >= 11 is 3.48. The van der Waals surface area contributed by atoms with Gasteiger partial charge in [-0.1, -0.05) is 12.1 Å². The summed E-state index contributed by atoms with van der Waals surface area (Å²) in [7, 11) is 1.80. The van der Waals surface area contributed by atoms with E-state index < -0.39 is 0 Å². The molecular weight excluding hydrogens is 304 g/mol. The van der Waals surface area contributed by atoms with E-state index in [2.05, 4.69) is 20.9 Å². The van der Waals surface area contributed by atoms with Gasteiger partial charge in [-0.05, 0) is 52.2 Å². The normalized spacial score (nSPS) is 10.3. The number of nitrogens with zero attached hydrogens (tertiary/aromatic N) is 2. The number of carbonyl (C=O) groups excluding carboxylic acids is 1. The summed E-state index contributed by atoms with van der Waals surface area (Å²) in [6, 6.07) is 9.53. The molecule has 0 bridgehead atoms. The lowest BCUT2D eigenvalue weighted by Gasteiger charge is -2.18. The highest BCUT2D eigenvalue weighted by molar-refractivity contribution is 9.10. The summed E-state index contributed by atoms with van der Waals surface area (Å²) in [6.07, 6.45) is 3.46. The van der Waals surface area contributed by atoms with E-state index in [1.165, 1.54) is 0 Å². The Kier molecular flexibility index (Phi) is 4.32. The number of benzene rings is 1. The van der Waals surface area contributed by atoms with E-state index in [4.69, 9.17) is 0 Å². The lowest BCUT2D eigenvalue weighted by molar-refractivity contribution is 0.0784. The summed E-state index contributed by atoms with van der Waals surface area (Å²) in [5.74, 6) is 0.00684. The number of amides is 1. The van der Waals surface area contributed by atoms with E-state index in [1.54, 1.807) is 24.3 Å². The first kappa shape index (κ1) is 13.7.